The van der Waals surface area contributed by atoms with E-state index in [-0.39, 0.29) is 41.7 Å². The molecule has 0 unspecified atom stereocenters. The zero-order chi connectivity index (χ0) is 23.1. The van der Waals surface area contributed by atoms with Crippen LogP contribution < -0.4 is 14.2 Å². The van der Waals surface area contributed by atoms with E-state index in [0.717, 1.165) is 12.8 Å². The highest BCUT2D eigenvalue weighted by atomic mass is 16.6. The predicted octanol–water partition coefficient (Wildman–Crippen LogP) is 7.11. The van der Waals surface area contributed by atoms with E-state index in [1.807, 2.05) is 27.7 Å². The van der Waals surface area contributed by atoms with E-state index in [2.05, 4.69) is 6.92 Å². The molecule has 5 nitrogen and oxygen atoms in total. The van der Waals surface area contributed by atoms with Crippen molar-refractivity contribution in [3.63, 3.8) is 0 Å². The third kappa shape index (κ3) is 12.4. The fourth-order valence-electron chi connectivity index (χ4n) is 3.19. The van der Waals surface area contributed by atoms with Gasteiger partial charge in [-0.25, -0.2) is 0 Å². The van der Waals surface area contributed by atoms with E-state index in [0.29, 0.717) is 18.8 Å². The molecule has 0 aliphatic rings. The third-order valence-corrected chi connectivity index (χ3v) is 4.79. The number of para-hydroxylation sites is 1. The Hall–Kier alpha value is -2.04. The van der Waals surface area contributed by atoms with Crippen LogP contribution in [0.3, 0.4) is 0 Å². The van der Waals surface area contributed by atoms with E-state index in [9.17, 15) is 9.59 Å². The molecule has 5 heteroatoms. The standard InChI is InChI=1S/C26H42O5/c1-6-7-8-9-10-11-12-13-17-29-22-15-14-16-23(30-24(27)18-20(2)3)26(22)31-25(28)19-21(4)5/h14-16,20-21H,6-13,17-19H2,1-5H3. The van der Waals surface area contributed by atoms with Crippen molar-refractivity contribution in [2.24, 2.45) is 11.8 Å². The topological polar surface area (TPSA) is 61.8 Å². The second-order valence-electron chi connectivity index (χ2n) is 9.05. The number of carbonyl (C=O) groups is 2. The van der Waals surface area contributed by atoms with Crippen LogP contribution in [-0.2, 0) is 9.59 Å². The highest BCUT2D eigenvalue weighted by molar-refractivity contribution is 5.77. The Morgan fingerprint density at radius 1 is 0.742 bits per heavy atom. The Kier molecular flexibility index (Phi) is 13.7. The number of carbonyl (C=O) groups excluding carboxylic acids is 2. The van der Waals surface area contributed by atoms with Crippen LogP contribution in [0.15, 0.2) is 18.2 Å². The summed E-state index contributed by atoms with van der Waals surface area (Å²) in [7, 11) is 0. The average molecular weight is 435 g/mol. The molecule has 0 aromatic heterocycles. The fraction of sp³-hybridized carbons (Fsp3) is 0.692. The number of hydrogen-bond donors (Lipinski definition) is 0. The van der Waals surface area contributed by atoms with Crippen LogP contribution in [0.5, 0.6) is 17.2 Å². The number of unbranched alkanes of at least 4 members (excludes halogenated alkanes) is 7. The van der Waals surface area contributed by atoms with Crippen molar-refractivity contribution >= 4 is 11.9 Å². The summed E-state index contributed by atoms with van der Waals surface area (Å²) in [6.07, 6.45) is 10.3. The molecule has 0 saturated carbocycles. The minimum Gasteiger partial charge on any atom is -0.490 e. The van der Waals surface area contributed by atoms with Crippen LogP contribution in [-0.4, -0.2) is 18.5 Å². The Bertz CT molecular complexity index is 651. The minimum absolute atomic E-state index is 0.171. The SMILES string of the molecule is CCCCCCCCCCOc1cccc(OC(=O)CC(C)C)c1OC(=O)CC(C)C. The lowest BCUT2D eigenvalue weighted by atomic mass is 10.1. The highest BCUT2D eigenvalue weighted by Crippen LogP contribution is 2.38. The first-order valence-electron chi connectivity index (χ1n) is 12.0. The van der Waals surface area contributed by atoms with Crippen molar-refractivity contribution in [3.05, 3.63) is 18.2 Å². The van der Waals surface area contributed by atoms with Crippen molar-refractivity contribution in [2.45, 2.75) is 98.8 Å². The normalized spacial score (nSPS) is 11.1. The Balaban J connectivity index is 2.70. The van der Waals surface area contributed by atoms with Crippen molar-refractivity contribution in [1.82, 2.24) is 0 Å². The molecule has 1 rings (SSSR count). The predicted molar refractivity (Wildman–Crippen MR) is 125 cm³/mol. The lowest BCUT2D eigenvalue weighted by Gasteiger charge is -2.16. The molecular formula is C26H42O5. The Morgan fingerprint density at radius 2 is 1.26 bits per heavy atom. The molecule has 0 bridgehead atoms. The maximum absolute atomic E-state index is 12.3. The fourth-order valence-corrected chi connectivity index (χ4v) is 3.19. The molecule has 0 spiro atoms. The second kappa shape index (κ2) is 15.7. The molecule has 0 aliphatic carbocycles. The maximum Gasteiger partial charge on any atom is 0.311 e. The van der Waals surface area contributed by atoms with Gasteiger partial charge in [0.1, 0.15) is 0 Å². The molecule has 0 heterocycles. The van der Waals surface area contributed by atoms with Gasteiger partial charge in [-0.15, -0.1) is 0 Å². The van der Waals surface area contributed by atoms with E-state index >= 15 is 0 Å². The average Bonchev–Trinajstić information content (AvgIpc) is 2.67. The van der Waals surface area contributed by atoms with Gasteiger partial charge in [-0.05, 0) is 30.4 Å². The van der Waals surface area contributed by atoms with Gasteiger partial charge in [-0.1, -0.05) is 85.6 Å². The van der Waals surface area contributed by atoms with Crippen LogP contribution in [0.1, 0.15) is 98.8 Å². The quantitative estimate of drug-likeness (QED) is 0.158. The summed E-state index contributed by atoms with van der Waals surface area (Å²) in [4.78, 5) is 24.5. The molecule has 31 heavy (non-hydrogen) atoms. The Labute approximate surface area is 188 Å². The van der Waals surface area contributed by atoms with Gasteiger partial charge >= 0.3 is 11.9 Å². The van der Waals surface area contributed by atoms with Gasteiger partial charge in [0, 0.05) is 12.8 Å². The Morgan fingerprint density at radius 3 is 1.84 bits per heavy atom. The molecule has 1 aromatic rings. The number of ether oxygens (including phenoxy) is 3. The van der Waals surface area contributed by atoms with E-state index in [4.69, 9.17) is 14.2 Å². The summed E-state index contributed by atoms with van der Waals surface area (Å²) in [6.45, 7) is 10.6. The van der Waals surface area contributed by atoms with Gasteiger partial charge in [0.05, 0.1) is 6.61 Å². The number of rotatable bonds is 16. The molecule has 0 aliphatic heterocycles. The highest BCUT2D eigenvalue weighted by Gasteiger charge is 2.20. The zero-order valence-electron chi connectivity index (χ0n) is 20.2. The second-order valence-corrected chi connectivity index (χ2v) is 9.05. The molecule has 0 fully saturated rings. The molecule has 176 valence electrons. The van der Waals surface area contributed by atoms with E-state index in [1.165, 1.54) is 38.5 Å². The summed E-state index contributed by atoms with van der Waals surface area (Å²) < 4.78 is 17.0. The summed E-state index contributed by atoms with van der Waals surface area (Å²) in [6, 6.07) is 5.14. The van der Waals surface area contributed by atoms with Crippen molar-refractivity contribution in [2.75, 3.05) is 6.61 Å². The minimum atomic E-state index is -0.362. The molecular weight excluding hydrogens is 392 g/mol. The molecule has 1 aromatic carbocycles. The lowest BCUT2D eigenvalue weighted by Crippen LogP contribution is -2.15. The first kappa shape index (κ1) is 27.0. The summed E-state index contributed by atoms with van der Waals surface area (Å²) >= 11 is 0. The van der Waals surface area contributed by atoms with Crippen LogP contribution in [0.25, 0.3) is 0 Å². The van der Waals surface area contributed by atoms with Crippen LogP contribution in [0, 0.1) is 11.8 Å². The largest absolute Gasteiger partial charge is 0.490 e. The van der Waals surface area contributed by atoms with Gasteiger partial charge in [0.15, 0.2) is 11.5 Å². The smallest absolute Gasteiger partial charge is 0.311 e. The van der Waals surface area contributed by atoms with Crippen LogP contribution in [0.2, 0.25) is 0 Å². The van der Waals surface area contributed by atoms with Gasteiger partial charge in [-0.3, -0.25) is 9.59 Å². The first-order chi connectivity index (χ1) is 14.8. The van der Waals surface area contributed by atoms with Gasteiger partial charge in [-0.2, -0.15) is 0 Å². The lowest BCUT2D eigenvalue weighted by molar-refractivity contribution is -0.138. The molecule has 0 saturated heterocycles. The molecule has 0 atom stereocenters. The zero-order valence-corrected chi connectivity index (χ0v) is 20.2. The summed E-state index contributed by atoms with van der Waals surface area (Å²) in [5.74, 6) is 0.511. The number of benzene rings is 1. The van der Waals surface area contributed by atoms with Crippen molar-refractivity contribution in [3.8, 4) is 17.2 Å². The van der Waals surface area contributed by atoms with Crippen molar-refractivity contribution in [1.29, 1.82) is 0 Å². The monoisotopic (exact) mass is 434 g/mol. The van der Waals surface area contributed by atoms with Crippen molar-refractivity contribution < 1.29 is 23.8 Å². The van der Waals surface area contributed by atoms with Crippen LogP contribution in [0.4, 0.5) is 0 Å². The summed E-state index contributed by atoms with van der Waals surface area (Å²) in [5, 5.41) is 0. The molecule has 0 radical (unpaired) electrons. The maximum atomic E-state index is 12.3. The van der Waals surface area contributed by atoms with E-state index < -0.39 is 0 Å². The van der Waals surface area contributed by atoms with E-state index in [1.54, 1.807) is 18.2 Å². The van der Waals surface area contributed by atoms with Gasteiger partial charge < -0.3 is 14.2 Å². The molecule has 0 N–H and O–H groups in total. The van der Waals surface area contributed by atoms with Crippen LogP contribution >= 0.6 is 0 Å². The number of hydrogen-bond acceptors (Lipinski definition) is 5. The first-order valence-corrected chi connectivity index (χ1v) is 12.0. The van der Waals surface area contributed by atoms with Gasteiger partial charge in [0.2, 0.25) is 5.75 Å². The summed E-state index contributed by atoms with van der Waals surface area (Å²) in [5.41, 5.74) is 0. The molecule has 0 amide bonds. The number of esters is 2. The van der Waals surface area contributed by atoms with Gasteiger partial charge in [0.25, 0.3) is 0 Å². The third-order valence-electron chi connectivity index (χ3n) is 4.79.